The summed E-state index contributed by atoms with van der Waals surface area (Å²) in [7, 11) is 2.12. The van der Waals surface area contributed by atoms with E-state index in [0.29, 0.717) is 36.4 Å². The van der Waals surface area contributed by atoms with Crippen LogP contribution < -0.4 is 4.90 Å². The Bertz CT molecular complexity index is 1100. The normalized spacial score (nSPS) is 31.3. The number of rotatable bonds is 8. The van der Waals surface area contributed by atoms with E-state index >= 15 is 0 Å². The number of carbonyl (C=O) groups is 3. The van der Waals surface area contributed by atoms with Crippen molar-refractivity contribution in [2.75, 3.05) is 18.5 Å². The Hall–Kier alpha value is -2.49. The molecule has 5 unspecified atom stereocenters. The Morgan fingerprint density at radius 3 is 2.58 bits per heavy atom. The molecule has 0 heterocycles. The maximum atomic E-state index is 12.7. The van der Waals surface area contributed by atoms with Crippen LogP contribution in [0.5, 0.6) is 0 Å². The lowest BCUT2D eigenvalue weighted by Gasteiger charge is -2.52. The topological polar surface area (TPSA) is 54.5 Å². The van der Waals surface area contributed by atoms with Crippen LogP contribution >= 0.6 is 0 Å². The van der Waals surface area contributed by atoms with E-state index in [-0.39, 0.29) is 17.1 Å². The van der Waals surface area contributed by atoms with Gasteiger partial charge in [0, 0.05) is 44.0 Å². The zero-order valence-corrected chi connectivity index (χ0v) is 22.2. The smallest absolute Gasteiger partial charge is 0.156 e. The molecule has 4 nitrogen and oxygen atoms in total. The van der Waals surface area contributed by atoms with E-state index in [1.54, 1.807) is 12.5 Å². The van der Waals surface area contributed by atoms with Crippen LogP contribution in [-0.4, -0.2) is 31.4 Å². The molecule has 0 bridgehead atoms. The Balaban J connectivity index is 1.49. The van der Waals surface area contributed by atoms with Crippen molar-refractivity contribution in [1.82, 2.24) is 0 Å². The van der Waals surface area contributed by atoms with Crippen molar-refractivity contribution < 1.29 is 14.4 Å². The number of nitrogens with zero attached hydrogens (tertiary/aromatic N) is 1. The van der Waals surface area contributed by atoms with Gasteiger partial charge in [-0.3, -0.25) is 9.59 Å². The molecule has 192 valence electrons. The van der Waals surface area contributed by atoms with Gasteiger partial charge in [-0.25, -0.2) is 0 Å². The summed E-state index contributed by atoms with van der Waals surface area (Å²) < 4.78 is 0. The van der Waals surface area contributed by atoms with Crippen LogP contribution in [0.2, 0.25) is 0 Å². The van der Waals surface area contributed by atoms with Crippen molar-refractivity contribution in [2.45, 2.75) is 84.0 Å². The fourth-order valence-corrected chi connectivity index (χ4v) is 8.29. The van der Waals surface area contributed by atoms with Crippen LogP contribution in [0.1, 0.15) is 89.5 Å². The minimum absolute atomic E-state index is 0.0466. The highest BCUT2D eigenvalue weighted by Crippen LogP contribution is 2.65. The van der Waals surface area contributed by atoms with E-state index in [0.717, 1.165) is 64.2 Å². The molecule has 4 aliphatic rings. The van der Waals surface area contributed by atoms with Crippen molar-refractivity contribution >= 4 is 23.5 Å². The number of Topliss-reactive ketones (excluding diaryl/α,β-unsaturated/α-hetero) is 1. The second-order valence-electron chi connectivity index (χ2n) is 12.0. The Kier molecular flexibility index (Phi) is 7.07. The molecule has 0 saturated heterocycles. The van der Waals surface area contributed by atoms with Crippen LogP contribution in [0.15, 0.2) is 47.1 Å². The zero-order chi connectivity index (χ0) is 25.4. The highest BCUT2D eigenvalue weighted by atomic mass is 16.1. The molecule has 4 heteroatoms. The van der Waals surface area contributed by atoms with E-state index in [4.69, 9.17) is 0 Å². The molecule has 0 radical (unpaired) electrons. The number of hydrogen-bond acceptors (Lipinski definition) is 4. The highest BCUT2D eigenvalue weighted by Gasteiger charge is 2.57. The monoisotopic (exact) mass is 487 g/mol. The minimum atomic E-state index is 0.0466. The standard InChI is InChI=1S/C32H41NO3/c1-21(35)29-15-16-30-27-13-9-23-19-25(36)12-14-26(23)31(27)28(20-32(29,30)2)22-7-10-24(11-8-22)33(3)17-5-4-6-18-34/h7-8,10-11,18-19,27-30H,4-6,9,12-17,20H2,1-3H3. The molecule has 0 amide bonds. The van der Waals surface area contributed by atoms with Gasteiger partial charge in [0.2, 0.25) is 0 Å². The molecule has 0 spiro atoms. The fourth-order valence-electron chi connectivity index (χ4n) is 8.29. The maximum absolute atomic E-state index is 12.7. The molecule has 1 aromatic carbocycles. The molecule has 0 aromatic heterocycles. The third-order valence-electron chi connectivity index (χ3n) is 10.0. The molecule has 5 rings (SSSR count). The molecule has 36 heavy (non-hydrogen) atoms. The highest BCUT2D eigenvalue weighted by molar-refractivity contribution is 5.93. The van der Waals surface area contributed by atoms with Gasteiger partial charge in [-0.2, -0.15) is 0 Å². The van der Waals surface area contributed by atoms with Crippen LogP contribution in [0.25, 0.3) is 0 Å². The number of benzene rings is 1. The molecular formula is C32H41NO3. The Morgan fingerprint density at radius 2 is 1.86 bits per heavy atom. The van der Waals surface area contributed by atoms with Gasteiger partial charge in [-0.15, -0.1) is 0 Å². The predicted octanol–water partition coefficient (Wildman–Crippen LogP) is 6.60. The average molecular weight is 488 g/mol. The zero-order valence-electron chi connectivity index (χ0n) is 22.2. The van der Waals surface area contributed by atoms with Gasteiger partial charge in [0.05, 0.1) is 0 Å². The summed E-state index contributed by atoms with van der Waals surface area (Å²) in [4.78, 5) is 37.8. The van der Waals surface area contributed by atoms with Crippen LogP contribution in [-0.2, 0) is 14.4 Å². The fraction of sp³-hybridized carbons (Fsp3) is 0.594. The number of anilines is 1. The third kappa shape index (κ3) is 4.41. The number of allylic oxidation sites excluding steroid dienone is 4. The Labute approximate surface area is 216 Å². The lowest BCUT2D eigenvalue weighted by atomic mass is 9.51. The summed E-state index contributed by atoms with van der Waals surface area (Å²) in [6.07, 6.45) is 12.4. The molecule has 4 aliphatic carbocycles. The van der Waals surface area contributed by atoms with E-state index in [2.05, 4.69) is 43.1 Å². The van der Waals surface area contributed by atoms with Gasteiger partial charge < -0.3 is 9.69 Å². The molecule has 5 atom stereocenters. The number of ketones is 2. The van der Waals surface area contributed by atoms with Gasteiger partial charge in [0.25, 0.3) is 0 Å². The third-order valence-corrected chi connectivity index (χ3v) is 10.0. The summed E-state index contributed by atoms with van der Waals surface area (Å²) in [6.45, 7) is 5.15. The molecular weight excluding hydrogens is 446 g/mol. The lowest BCUT2D eigenvalue weighted by Crippen LogP contribution is -2.44. The summed E-state index contributed by atoms with van der Waals surface area (Å²) in [5.41, 5.74) is 6.97. The van der Waals surface area contributed by atoms with E-state index in [1.807, 2.05) is 6.08 Å². The van der Waals surface area contributed by atoms with Crippen molar-refractivity contribution in [3.8, 4) is 0 Å². The number of aldehydes is 1. The number of hydrogen-bond donors (Lipinski definition) is 0. The van der Waals surface area contributed by atoms with Crippen molar-refractivity contribution in [3.05, 3.63) is 52.6 Å². The predicted molar refractivity (Wildman–Crippen MR) is 144 cm³/mol. The lowest BCUT2D eigenvalue weighted by molar-refractivity contribution is -0.125. The second-order valence-corrected chi connectivity index (χ2v) is 12.0. The molecule has 0 aliphatic heterocycles. The van der Waals surface area contributed by atoms with Crippen molar-refractivity contribution in [2.24, 2.45) is 23.2 Å². The number of unbranched alkanes of at least 4 members (excludes halogenated alkanes) is 2. The number of fused-ring (bicyclic) bond motifs is 4. The molecule has 1 aromatic rings. The van der Waals surface area contributed by atoms with Gasteiger partial charge in [-0.05, 0) is 110 Å². The minimum Gasteiger partial charge on any atom is -0.375 e. The van der Waals surface area contributed by atoms with Crippen LogP contribution in [0.4, 0.5) is 5.69 Å². The first-order valence-corrected chi connectivity index (χ1v) is 14.1. The van der Waals surface area contributed by atoms with E-state index in [9.17, 15) is 14.4 Å². The SMILES string of the molecule is CC(=O)C1CCC2C3CCC4=CC(=O)CCC4=C3C(c3ccc(N(C)CCCCC=O)cc3)CC12C. The van der Waals surface area contributed by atoms with Crippen molar-refractivity contribution in [3.63, 3.8) is 0 Å². The van der Waals surface area contributed by atoms with Gasteiger partial charge in [-0.1, -0.05) is 24.6 Å². The summed E-state index contributed by atoms with van der Waals surface area (Å²) in [6, 6.07) is 9.09. The van der Waals surface area contributed by atoms with Gasteiger partial charge in [0.1, 0.15) is 12.1 Å². The quantitative estimate of drug-likeness (QED) is 0.306. The van der Waals surface area contributed by atoms with Gasteiger partial charge in [0.15, 0.2) is 5.78 Å². The Morgan fingerprint density at radius 1 is 1.08 bits per heavy atom. The van der Waals surface area contributed by atoms with Gasteiger partial charge >= 0.3 is 0 Å². The largest absolute Gasteiger partial charge is 0.375 e. The summed E-state index contributed by atoms with van der Waals surface area (Å²) in [5, 5.41) is 0. The first-order valence-electron chi connectivity index (χ1n) is 14.1. The molecule has 2 fully saturated rings. The maximum Gasteiger partial charge on any atom is 0.156 e. The van der Waals surface area contributed by atoms with Crippen LogP contribution in [0.3, 0.4) is 0 Å². The van der Waals surface area contributed by atoms with E-state index < -0.39 is 0 Å². The summed E-state index contributed by atoms with van der Waals surface area (Å²) in [5.74, 6) is 2.22. The number of carbonyl (C=O) groups excluding carboxylic acids is 3. The molecule has 0 N–H and O–H groups in total. The second kappa shape index (κ2) is 10.1. The van der Waals surface area contributed by atoms with Crippen LogP contribution in [0, 0.1) is 23.2 Å². The van der Waals surface area contributed by atoms with Crippen molar-refractivity contribution in [1.29, 1.82) is 0 Å². The first kappa shape index (κ1) is 25.2. The molecule has 2 saturated carbocycles. The average Bonchev–Trinajstić information content (AvgIpc) is 3.23. The first-order chi connectivity index (χ1) is 17.3. The summed E-state index contributed by atoms with van der Waals surface area (Å²) >= 11 is 0. The van der Waals surface area contributed by atoms with E-state index in [1.165, 1.54) is 22.4 Å².